The van der Waals surface area contributed by atoms with Gasteiger partial charge in [0.25, 0.3) is 0 Å². The smallest absolute Gasteiger partial charge is 0.222 e. The van der Waals surface area contributed by atoms with Crippen molar-refractivity contribution < 1.29 is 4.79 Å². The molecule has 0 aromatic carbocycles. The van der Waals surface area contributed by atoms with Crippen molar-refractivity contribution in [2.24, 2.45) is 17.6 Å². The highest BCUT2D eigenvalue weighted by Crippen LogP contribution is 2.22. The molecule has 100 valence electrons. The van der Waals surface area contributed by atoms with Crippen LogP contribution in [0.2, 0.25) is 0 Å². The Morgan fingerprint density at radius 3 is 2.82 bits per heavy atom. The first-order chi connectivity index (χ1) is 8.17. The molecule has 1 saturated heterocycles. The molecule has 1 aliphatic heterocycles. The number of rotatable bonds is 5. The van der Waals surface area contributed by atoms with E-state index in [0.29, 0.717) is 24.8 Å². The first kappa shape index (κ1) is 14.5. The molecule has 0 aliphatic carbocycles. The van der Waals surface area contributed by atoms with Crippen LogP contribution in [0.1, 0.15) is 52.4 Å². The van der Waals surface area contributed by atoms with Gasteiger partial charge in [-0.2, -0.15) is 0 Å². The maximum Gasteiger partial charge on any atom is 0.222 e. The first-order valence-corrected chi connectivity index (χ1v) is 7.15. The molecule has 3 heteroatoms. The van der Waals surface area contributed by atoms with E-state index in [1.807, 2.05) is 0 Å². The zero-order chi connectivity index (χ0) is 12.7. The van der Waals surface area contributed by atoms with Crippen LogP contribution in [0.5, 0.6) is 0 Å². The summed E-state index contributed by atoms with van der Waals surface area (Å²) in [4.78, 5) is 14.1. The quantitative estimate of drug-likeness (QED) is 0.802. The van der Waals surface area contributed by atoms with Gasteiger partial charge in [-0.15, -0.1) is 0 Å². The number of nitrogens with zero attached hydrogens (tertiary/aromatic N) is 1. The van der Waals surface area contributed by atoms with E-state index in [4.69, 9.17) is 5.73 Å². The molecule has 2 atom stereocenters. The molecular weight excluding hydrogens is 212 g/mol. The number of amides is 1. The molecule has 0 saturated carbocycles. The molecular formula is C14H28N2O. The molecule has 2 unspecified atom stereocenters. The number of hydrogen-bond acceptors (Lipinski definition) is 2. The van der Waals surface area contributed by atoms with Crippen molar-refractivity contribution in [1.29, 1.82) is 0 Å². The van der Waals surface area contributed by atoms with Gasteiger partial charge in [0.1, 0.15) is 0 Å². The van der Waals surface area contributed by atoms with Gasteiger partial charge in [-0.1, -0.05) is 26.7 Å². The normalized spacial score (nSPS) is 23.2. The fraction of sp³-hybridized carbons (Fsp3) is 0.929. The molecule has 0 aromatic rings. The molecule has 1 rings (SSSR count). The highest BCUT2D eigenvalue weighted by Gasteiger charge is 2.20. The number of carbonyl (C=O) groups excluding carboxylic acids is 1. The van der Waals surface area contributed by atoms with Crippen molar-refractivity contribution in [3.63, 3.8) is 0 Å². The molecule has 1 heterocycles. The van der Waals surface area contributed by atoms with Gasteiger partial charge < -0.3 is 10.6 Å². The van der Waals surface area contributed by atoms with Crippen LogP contribution >= 0.6 is 0 Å². The predicted octanol–water partition coefficient (Wildman–Crippen LogP) is 2.40. The van der Waals surface area contributed by atoms with Gasteiger partial charge in [-0.05, 0) is 37.6 Å². The van der Waals surface area contributed by atoms with E-state index >= 15 is 0 Å². The molecule has 2 N–H and O–H groups in total. The Balaban J connectivity index is 2.37. The average Bonchev–Trinajstić information content (AvgIpc) is 2.55. The van der Waals surface area contributed by atoms with E-state index < -0.39 is 0 Å². The summed E-state index contributed by atoms with van der Waals surface area (Å²) in [5.41, 5.74) is 5.57. The average molecular weight is 240 g/mol. The Hall–Kier alpha value is -0.570. The zero-order valence-corrected chi connectivity index (χ0v) is 11.5. The van der Waals surface area contributed by atoms with Crippen molar-refractivity contribution in [1.82, 2.24) is 4.90 Å². The minimum absolute atomic E-state index is 0.306. The summed E-state index contributed by atoms with van der Waals surface area (Å²) in [5, 5.41) is 0. The van der Waals surface area contributed by atoms with Gasteiger partial charge >= 0.3 is 0 Å². The van der Waals surface area contributed by atoms with Crippen LogP contribution in [0.15, 0.2) is 0 Å². The van der Waals surface area contributed by atoms with Crippen LogP contribution in [-0.2, 0) is 4.79 Å². The lowest BCUT2D eigenvalue weighted by atomic mass is 9.96. The van der Waals surface area contributed by atoms with Crippen molar-refractivity contribution in [3.8, 4) is 0 Å². The number of carbonyl (C=O) groups is 1. The van der Waals surface area contributed by atoms with E-state index in [9.17, 15) is 4.79 Å². The molecule has 1 fully saturated rings. The zero-order valence-electron chi connectivity index (χ0n) is 11.5. The Labute approximate surface area is 106 Å². The minimum atomic E-state index is 0.306. The molecule has 0 bridgehead atoms. The minimum Gasteiger partial charge on any atom is -0.343 e. The van der Waals surface area contributed by atoms with Gasteiger partial charge in [0.2, 0.25) is 5.91 Å². The van der Waals surface area contributed by atoms with Crippen molar-refractivity contribution in [2.75, 3.05) is 19.6 Å². The summed E-state index contributed by atoms with van der Waals surface area (Å²) >= 11 is 0. The van der Waals surface area contributed by atoms with Crippen LogP contribution in [0.4, 0.5) is 0 Å². The van der Waals surface area contributed by atoms with E-state index in [1.165, 1.54) is 32.1 Å². The second-order valence-electron chi connectivity index (χ2n) is 5.51. The van der Waals surface area contributed by atoms with Crippen LogP contribution in [0, 0.1) is 11.8 Å². The Morgan fingerprint density at radius 2 is 2.18 bits per heavy atom. The van der Waals surface area contributed by atoms with Gasteiger partial charge in [-0.3, -0.25) is 4.79 Å². The molecule has 1 aliphatic rings. The molecule has 0 spiro atoms. The Morgan fingerprint density at radius 1 is 1.41 bits per heavy atom. The second kappa shape index (κ2) is 7.70. The highest BCUT2D eigenvalue weighted by atomic mass is 16.2. The third kappa shape index (κ3) is 5.07. The van der Waals surface area contributed by atoms with Gasteiger partial charge in [-0.25, -0.2) is 0 Å². The van der Waals surface area contributed by atoms with Crippen molar-refractivity contribution in [3.05, 3.63) is 0 Å². The second-order valence-corrected chi connectivity index (χ2v) is 5.51. The van der Waals surface area contributed by atoms with Crippen molar-refractivity contribution in [2.45, 2.75) is 52.4 Å². The fourth-order valence-corrected chi connectivity index (χ4v) is 2.62. The Kier molecular flexibility index (Phi) is 6.56. The fourth-order valence-electron chi connectivity index (χ4n) is 2.62. The lowest BCUT2D eigenvalue weighted by molar-refractivity contribution is -0.132. The van der Waals surface area contributed by atoms with Gasteiger partial charge in [0.15, 0.2) is 0 Å². The van der Waals surface area contributed by atoms with E-state index in [1.54, 1.807) is 0 Å². The Bertz CT molecular complexity index is 230. The van der Waals surface area contributed by atoms with E-state index in [0.717, 1.165) is 19.0 Å². The molecule has 0 aromatic heterocycles. The largest absolute Gasteiger partial charge is 0.343 e. The number of hydrogen-bond donors (Lipinski definition) is 1. The van der Waals surface area contributed by atoms with Crippen molar-refractivity contribution >= 4 is 5.91 Å². The predicted molar refractivity (Wildman–Crippen MR) is 71.7 cm³/mol. The topological polar surface area (TPSA) is 46.3 Å². The first-order valence-electron chi connectivity index (χ1n) is 7.15. The lowest BCUT2D eigenvalue weighted by Gasteiger charge is -2.22. The number of nitrogens with two attached hydrogens (primary N) is 1. The lowest BCUT2D eigenvalue weighted by Crippen LogP contribution is -2.34. The SMILES string of the molecule is CCCC1CCCN(C(=O)CC(C)CN)CC1. The number of likely N-dealkylation sites (tertiary alicyclic amines) is 1. The van der Waals surface area contributed by atoms with Crippen LogP contribution in [0.3, 0.4) is 0 Å². The summed E-state index contributed by atoms with van der Waals surface area (Å²) in [7, 11) is 0. The summed E-state index contributed by atoms with van der Waals surface area (Å²) in [5.74, 6) is 1.46. The van der Waals surface area contributed by atoms with Gasteiger partial charge in [0, 0.05) is 19.5 Å². The van der Waals surface area contributed by atoms with Crippen LogP contribution in [-0.4, -0.2) is 30.4 Å². The van der Waals surface area contributed by atoms with Crippen LogP contribution < -0.4 is 5.73 Å². The molecule has 1 amide bonds. The summed E-state index contributed by atoms with van der Waals surface area (Å²) < 4.78 is 0. The summed E-state index contributed by atoms with van der Waals surface area (Å²) in [6.07, 6.45) is 6.87. The summed E-state index contributed by atoms with van der Waals surface area (Å²) in [6, 6.07) is 0. The molecule has 3 nitrogen and oxygen atoms in total. The summed E-state index contributed by atoms with van der Waals surface area (Å²) in [6.45, 7) is 6.82. The molecule has 17 heavy (non-hydrogen) atoms. The monoisotopic (exact) mass is 240 g/mol. The third-order valence-corrected chi connectivity index (χ3v) is 3.82. The maximum atomic E-state index is 12.1. The highest BCUT2D eigenvalue weighted by molar-refractivity contribution is 5.76. The maximum absolute atomic E-state index is 12.1. The van der Waals surface area contributed by atoms with Crippen LogP contribution in [0.25, 0.3) is 0 Å². The van der Waals surface area contributed by atoms with Gasteiger partial charge in [0.05, 0.1) is 0 Å². The van der Waals surface area contributed by atoms with E-state index in [-0.39, 0.29) is 0 Å². The third-order valence-electron chi connectivity index (χ3n) is 3.82. The standard InChI is InChI=1S/C14H28N2O/c1-3-5-13-6-4-8-16(9-7-13)14(17)10-12(2)11-15/h12-13H,3-11,15H2,1-2H3. The molecule has 0 radical (unpaired) electrons. The van der Waals surface area contributed by atoms with E-state index in [2.05, 4.69) is 18.7 Å².